The van der Waals surface area contributed by atoms with Gasteiger partial charge in [0.2, 0.25) is 0 Å². The Balaban J connectivity index is 2.32. The fourth-order valence-electron chi connectivity index (χ4n) is 3.22. The van der Waals surface area contributed by atoms with Crippen LogP contribution in [0, 0.1) is 11.3 Å². The van der Waals surface area contributed by atoms with Crippen molar-refractivity contribution in [2.75, 3.05) is 13.1 Å². The summed E-state index contributed by atoms with van der Waals surface area (Å²) in [6, 6.07) is 0. The Morgan fingerprint density at radius 1 is 1.33 bits per heavy atom. The SMILES string of the molecule is CC(C)CC1(CNCC(O)CC(=O)O)CCCC1. The molecule has 4 heteroatoms. The van der Waals surface area contributed by atoms with Crippen molar-refractivity contribution in [1.29, 1.82) is 0 Å². The minimum absolute atomic E-state index is 0.176. The number of carboxylic acid groups (broad SMARTS) is 1. The van der Waals surface area contributed by atoms with Gasteiger partial charge in [0, 0.05) is 13.1 Å². The number of nitrogens with one attached hydrogen (secondary N) is 1. The van der Waals surface area contributed by atoms with Gasteiger partial charge >= 0.3 is 5.97 Å². The number of rotatable bonds is 8. The van der Waals surface area contributed by atoms with Gasteiger partial charge in [0.05, 0.1) is 12.5 Å². The van der Waals surface area contributed by atoms with Crippen LogP contribution in [0.4, 0.5) is 0 Å². The molecule has 0 heterocycles. The second kappa shape index (κ2) is 7.10. The number of carboxylic acids is 1. The minimum Gasteiger partial charge on any atom is -0.481 e. The van der Waals surface area contributed by atoms with Crippen molar-refractivity contribution in [3.8, 4) is 0 Å². The van der Waals surface area contributed by atoms with E-state index in [0.717, 1.165) is 6.54 Å². The molecule has 0 spiro atoms. The highest BCUT2D eigenvalue weighted by Crippen LogP contribution is 2.42. The molecule has 0 radical (unpaired) electrons. The molecule has 0 bridgehead atoms. The van der Waals surface area contributed by atoms with Gasteiger partial charge in [-0.05, 0) is 30.6 Å². The topological polar surface area (TPSA) is 69.6 Å². The number of hydrogen-bond acceptors (Lipinski definition) is 3. The summed E-state index contributed by atoms with van der Waals surface area (Å²) < 4.78 is 0. The lowest BCUT2D eigenvalue weighted by molar-refractivity contribution is -0.139. The van der Waals surface area contributed by atoms with Gasteiger partial charge in [-0.15, -0.1) is 0 Å². The van der Waals surface area contributed by atoms with Gasteiger partial charge in [0.25, 0.3) is 0 Å². The predicted molar refractivity (Wildman–Crippen MR) is 71.5 cm³/mol. The quantitative estimate of drug-likeness (QED) is 0.622. The summed E-state index contributed by atoms with van der Waals surface area (Å²) in [6.07, 6.45) is 5.37. The summed E-state index contributed by atoms with van der Waals surface area (Å²) in [4.78, 5) is 10.4. The van der Waals surface area contributed by atoms with E-state index in [0.29, 0.717) is 17.9 Å². The number of hydrogen-bond donors (Lipinski definition) is 3. The standard InChI is InChI=1S/C14H27NO3/c1-11(2)8-14(5-3-4-6-14)10-15-9-12(16)7-13(17)18/h11-12,15-16H,3-10H2,1-2H3,(H,17,18). The summed E-state index contributed by atoms with van der Waals surface area (Å²) in [5.74, 6) is -0.254. The zero-order chi connectivity index (χ0) is 13.6. The number of aliphatic carboxylic acids is 1. The maximum absolute atomic E-state index is 10.4. The van der Waals surface area contributed by atoms with Gasteiger partial charge in [-0.3, -0.25) is 4.79 Å². The molecule has 1 fully saturated rings. The second-order valence-corrected chi connectivity index (χ2v) is 6.19. The molecule has 1 aliphatic rings. The Kier molecular flexibility index (Phi) is 6.09. The highest BCUT2D eigenvalue weighted by Gasteiger charge is 2.33. The van der Waals surface area contributed by atoms with Gasteiger partial charge in [0.15, 0.2) is 0 Å². The van der Waals surface area contributed by atoms with E-state index in [9.17, 15) is 9.90 Å². The third kappa shape index (κ3) is 5.36. The van der Waals surface area contributed by atoms with Crippen molar-refractivity contribution in [3.63, 3.8) is 0 Å². The number of carbonyl (C=O) groups is 1. The first kappa shape index (κ1) is 15.4. The van der Waals surface area contributed by atoms with Crippen molar-refractivity contribution in [2.24, 2.45) is 11.3 Å². The van der Waals surface area contributed by atoms with E-state index in [1.54, 1.807) is 0 Å². The third-order valence-electron chi connectivity index (χ3n) is 3.80. The summed E-state index contributed by atoms with van der Waals surface area (Å²) in [6.45, 7) is 5.78. The molecule has 1 rings (SSSR count). The molecule has 0 aromatic heterocycles. The molecule has 18 heavy (non-hydrogen) atoms. The van der Waals surface area contributed by atoms with Crippen LogP contribution in [0.2, 0.25) is 0 Å². The lowest BCUT2D eigenvalue weighted by Gasteiger charge is -2.31. The van der Waals surface area contributed by atoms with Gasteiger partial charge in [-0.1, -0.05) is 26.7 Å². The van der Waals surface area contributed by atoms with Crippen molar-refractivity contribution in [2.45, 2.75) is 58.5 Å². The van der Waals surface area contributed by atoms with Gasteiger partial charge in [-0.25, -0.2) is 0 Å². The molecule has 4 nitrogen and oxygen atoms in total. The highest BCUT2D eigenvalue weighted by atomic mass is 16.4. The molecule has 1 unspecified atom stereocenters. The Morgan fingerprint density at radius 3 is 2.44 bits per heavy atom. The largest absolute Gasteiger partial charge is 0.481 e. The molecular formula is C14H27NO3. The van der Waals surface area contributed by atoms with Crippen molar-refractivity contribution >= 4 is 5.97 Å². The Hall–Kier alpha value is -0.610. The number of aliphatic hydroxyl groups excluding tert-OH is 1. The average molecular weight is 257 g/mol. The van der Waals surface area contributed by atoms with Crippen LogP contribution in [-0.2, 0) is 4.79 Å². The first-order valence-corrected chi connectivity index (χ1v) is 7.04. The fraction of sp³-hybridized carbons (Fsp3) is 0.929. The second-order valence-electron chi connectivity index (χ2n) is 6.19. The van der Waals surface area contributed by atoms with E-state index in [-0.39, 0.29) is 6.42 Å². The molecule has 106 valence electrons. The zero-order valence-electron chi connectivity index (χ0n) is 11.6. The molecule has 0 aliphatic heterocycles. The van der Waals surface area contributed by atoms with E-state index in [1.807, 2.05) is 0 Å². The maximum atomic E-state index is 10.4. The van der Waals surface area contributed by atoms with Crippen LogP contribution in [0.5, 0.6) is 0 Å². The van der Waals surface area contributed by atoms with E-state index < -0.39 is 12.1 Å². The van der Waals surface area contributed by atoms with Crippen LogP contribution in [0.15, 0.2) is 0 Å². The fourth-order valence-corrected chi connectivity index (χ4v) is 3.22. The Bertz CT molecular complexity index is 260. The molecule has 1 saturated carbocycles. The Morgan fingerprint density at radius 2 is 1.94 bits per heavy atom. The number of aliphatic hydroxyl groups is 1. The van der Waals surface area contributed by atoms with E-state index in [4.69, 9.17) is 5.11 Å². The third-order valence-corrected chi connectivity index (χ3v) is 3.80. The Labute approximate surface area is 110 Å². The predicted octanol–water partition coefficient (Wildman–Crippen LogP) is 2.02. The monoisotopic (exact) mass is 257 g/mol. The summed E-state index contributed by atoms with van der Waals surface area (Å²) in [5.41, 5.74) is 0.372. The molecular weight excluding hydrogens is 230 g/mol. The first-order chi connectivity index (χ1) is 8.43. The molecule has 0 amide bonds. The van der Waals surface area contributed by atoms with Gasteiger partial charge < -0.3 is 15.5 Å². The minimum atomic E-state index is -0.943. The first-order valence-electron chi connectivity index (χ1n) is 7.04. The van der Waals surface area contributed by atoms with Crippen LogP contribution in [0.25, 0.3) is 0 Å². The van der Waals surface area contributed by atoms with E-state index >= 15 is 0 Å². The maximum Gasteiger partial charge on any atom is 0.306 e. The van der Waals surface area contributed by atoms with Crippen LogP contribution in [0.1, 0.15) is 52.4 Å². The lowest BCUT2D eigenvalue weighted by Crippen LogP contribution is -2.37. The van der Waals surface area contributed by atoms with Crippen LogP contribution in [-0.4, -0.2) is 35.4 Å². The van der Waals surface area contributed by atoms with Gasteiger partial charge in [-0.2, -0.15) is 0 Å². The normalized spacial score (nSPS) is 20.2. The lowest BCUT2D eigenvalue weighted by atomic mass is 9.78. The van der Waals surface area contributed by atoms with E-state index in [1.165, 1.54) is 32.1 Å². The van der Waals surface area contributed by atoms with Crippen LogP contribution >= 0.6 is 0 Å². The summed E-state index contributed by atoms with van der Waals surface area (Å²) in [7, 11) is 0. The molecule has 3 N–H and O–H groups in total. The molecule has 1 aliphatic carbocycles. The summed E-state index contributed by atoms with van der Waals surface area (Å²) in [5, 5.41) is 21.4. The zero-order valence-corrected chi connectivity index (χ0v) is 11.6. The molecule has 0 aromatic carbocycles. The highest BCUT2D eigenvalue weighted by molar-refractivity contribution is 5.67. The van der Waals surface area contributed by atoms with Crippen molar-refractivity contribution < 1.29 is 15.0 Å². The van der Waals surface area contributed by atoms with Crippen molar-refractivity contribution in [3.05, 3.63) is 0 Å². The molecule has 0 saturated heterocycles. The van der Waals surface area contributed by atoms with E-state index in [2.05, 4.69) is 19.2 Å². The summed E-state index contributed by atoms with van der Waals surface area (Å²) >= 11 is 0. The molecule has 0 aromatic rings. The van der Waals surface area contributed by atoms with Gasteiger partial charge in [0.1, 0.15) is 0 Å². The smallest absolute Gasteiger partial charge is 0.306 e. The average Bonchev–Trinajstić information content (AvgIpc) is 2.64. The van der Waals surface area contributed by atoms with Crippen LogP contribution < -0.4 is 5.32 Å². The molecule has 1 atom stereocenters. The van der Waals surface area contributed by atoms with Crippen molar-refractivity contribution in [1.82, 2.24) is 5.32 Å². The van der Waals surface area contributed by atoms with Crippen LogP contribution in [0.3, 0.4) is 0 Å².